The minimum Gasteiger partial charge on any atom is -0.399 e. The fraction of sp³-hybridized carbons (Fsp3) is 0.188. The lowest BCUT2D eigenvalue weighted by Gasteiger charge is -2.07. The Morgan fingerprint density at radius 1 is 0.952 bits per heavy atom. The summed E-state index contributed by atoms with van der Waals surface area (Å²) < 4.78 is 37.3. The zero-order valence-electron chi connectivity index (χ0n) is 11.2. The van der Waals surface area contributed by atoms with Gasteiger partial charge in [0, 0.05) is 17.7 Å². The van der Waals surface area contributed by atoms with E-state index < -0.39 is 11.7 Å². The molecule has 0 bridgehead atoms. The number of anilines is 1. The molecule has 0 fully saturated rings. The molecular formula is C16H14F3NO. The summed E-state index contributed by atoms with van der Waals surface area (Å²) in [6, 6.07) is 11.4. The highest BCUT2D eigenvalue weighted by Gasteiger charge is 2.29. The van der Waals surface area contributed by atoms with Crippen LogP contribution in [-0.2, 0) is 12.6 Å². The predicted octanol–water partition coefficient (Wildman–Crippen LogP) is 4.10. The van der Waals surface area contributed by atoms with E-state index in [1.807, 2.05) is 0 Å². The van der Waals surface area contributed by atoms with Crippen molar-refractivity contribution in [2.45, 2.75) is 19.0 Å². The average molecular weight is 293 g/mol. The van der Waals surface area contributed by atoms with E-state index in [1.54, 1.807) is 24.3 Å². The number of halogens is 3. The summed E-state index contributed by atoms with van der Waals surface area (Å²) in [7, 11) is 0. The van der Waals surface area contributed by atoms with Gasteiger partial charge < -0.3 is 5.73 Å². The molecule has 0 aliphatic carbocycles. The Bertz CT molecular complexity index is 615. The monoisotopic (exact) mass is 293 g/mol. The highest BCUT2D eigenvalue weighted by molar-refractivity contribution is 5.96. The van der Waals surface area contributed by atoms with Crippen LogP contribution in [0.2, 0.25) is 0 Å². The average Bonchev–Trinajstić information content (AvgIpc) is 2.45. The molecule has 2 N–H and O–H groups in total. The van der Waals surface area contributed by atoms with Crippen molar-refractivity contribution in [1.29, 1.82) is 0 Å². The third kappa shape index (κ3) is 4.08. The lowest BCUT2D eigenvalue weighted by molar-refractivity contribution is -0.137. The van der Waals surface area contributed by atoms with Gasteiger partial charge in [0.05, 0.1) is 5.56 Å². The molecule has 0 spiro atoms. The van der Waals surface area contributed by atoms with Gasteiger partial charge in [-0.1, -0.05) is 12.1 Å². The zero-order chi connectivity index (χ0) is 15.5. The normalized spacial score (nSPS) is 11.4. The van der Waals surface area contributed by atoms with Gasteiger partial charge in [-0.3, -0.25) is 4.79 Å². The number of hydrogen-bond acceptors (Lipinski definition) is 2. The maximum atomic E-state index is 12.4. The van der Waals surface area contributed by atoms with Crippen molar-refractivity contribution in [2.75, 3.05) is 5.73 Å². The third-order valence-corrected chi connectivity index (χ3v) is 3.15. The summed E-state index contributed by atoms with van der Waals surface area (Å²) in [5.74, 6) is -0.0603. The van der Waals surface area contributed by atoms with Gasteiger partial charge in [-0.25, -0.2) is 0 Å². The van der Waals surface area contributed by atoms with Crippen molar-refractivity contribution in [3.8, 4) is 0 Å². The highest BCUT2D eigenvalue weighted by atomic mass is 19.4. The summed E-state index contributed by atoms with van der Waals surface area (Å²) in [6.07, 6.45) is -3.69. The van der Waals surface area contributed by atoms with Crippen LogP contribution >= 0.6 is 0 Å². The summed E-state index contributed by atoms with van der Waals surface area (Å²) in [5.41, 5.74) is 6.68. The van der Waals surface area contributed by atoms with Crippen LogP contribution in [0.3, 0.4) is 0 Å². The lowest BCUT2D eigenvalue weighted by Crippen LogP contribution is -2.05. The number of aryl methyl sites for hydroxylation is 1. The van der Waals surface area contributed by atoms with E-state index in [4.69, 9.17) is 5.73 Å². The first-order chi connectivity index (χ1) is 9.86. The number of carbonyl (C=O) groups is 1. The van der Waals surface area contributed by atoms with Crippen LogP contribution in [0, 0.1) is 0 Å². The summed E-state index contributed by atoms with van der Waals surface area (Å²) in [5, 5.41) is 0. The van der Waals surface area contributed by atoms with E-state index in [9.17, 15) is 18.0 Å². The van der Waals surface area contributed by atoms with Crippen LogP contribution in [-0.4, -0.2) is 5.78 Å². The molecule has 0 saturated carbocycles. The number of hydrogen-bond donors (Lipinski definition) is 1. The van der Waals surface area contributed by atoms with E-state index in [1.165, 1.54) is 12.1 Å². The molecule has 0 atom stereocenters. The third-order valence-electron chi connectivity index (χ3n) is 3.15. The second-order valence-electron chi connectivity index (χ2n) is 4.74. The van der Waals surface area contributed by atoms with Crippen LogP contribution in [0.5, 0.6) is 0 Å². The lowest BCUT2D eigenvalue weighted by atomic mass is 10.0. The molecule has 0 aliphatic heterocycles. The molecule has 0 amide bonds. The topological polar surface area (TPSA) is 43.1 Å². The molecule has 2 aromatic carbocycles. The Hall–Kier alpha value is -2.30. The Balaban J connectivity index is 1.97. The van der Waals surface area contributed by atoms with Crippen LogP contribution in [0.1, 0.15) is 27.9 Å². The molecule has 2 aromatic rings. The van der Waals surface area contributed by atoms with E-state index >= 15 is 0 Å². The molecule has 0 aliphatic rings. The molecule has 0 saturated heterocycles. The number of nitrogens with two attached hydrogens (primary N) is 1. The Morgan fingerprint density at radius 3 is 2.05 bits per heavy atom. The molecule has 21 heavy (non-hydrogen) atoms. The molecule has 2 rings (SSSR count). The second kappa shape index (κ2) is 5.99. The predicted molar refractivity (Wildman–Crippen MR) is 74.9 cm³/mol. The summed E-state index contributed by atoms with van der Waals surface area (Å²) in [4.78, 5) is 11.9. The van der Waals surface area contributed by atoms with Gasteiger partial charge in [0.15, 0.2) is 5.78 Å². The standard InChI is InChI=1S/C16H14F3NO/c17-16(18,19)13-6-1-11(2-7-13)3-10-15(21)12-4-8-14(20)9-5-12/h1-2,4-9H,3,10,20H2. The van der Waals surface area contributed by atoms with Gasteiger partial charge >= 0.3 is 6.18 Å². The van der Waals surface area contributed by atoms with Gasteiger partial charge in [0.25, 0.3) is 0 Å². The first kappa shape index (κ1) is 15.1. The van der Waals surface area contributed by atoms with Crippen molar-refractivity contribution in [1.82, 2.24) is 0 Å². The number of alkyl halides is 3. The van der Waals surface area contributed by atoms with Crippen molar-refractivity contribution in [3.63, 3.8) is 0 Å². The highest BCUT2D eigenvalue weighted by Crippen LogP contribution is 2.29. The number of benzene rings is 2. The second-order valence-corrected chi connectivity index (χ2v) is 4.74. The maximum absolute atomic E-state index is 12.4. The molecular weight excluding hydrogens is 279 g/mol. The Kier molecular flexibility index (Phi) is 4.31. The SMILES string of the molecule is Nc1ccc(C(=O)CCc2ccc(C(F)(F)F)cc2)cc1. The molecule has 0 unspecified atom stereocenters. The summed E-state index contributed by atoms with van der Waals surface area (Å²) in [6.45, 7) is 0. The molecule has 0 heterocycles. The molecule has 110 valence electrons. The minimum atomic E-state index is -4.34. The fourth-order valence-electron chi connectivity index (χ4n) is 1.93. The quantitative estimate of drug-likeness (QED) is 0.681. The van der Waals surface area contributed by atoms with Gasteiger partial charge in [-0.15, -0.1) is 0 Å². The summed E-state index contributed by atoms with van der Waals surface area (Å²) >= 11 is 0. The van der Waals surface area contributed by atoms with Crippen molar-refractivity contribution in [2.24, 2.45) is 0 Å². The number of carbonyl (C=O) groups excluding carboxylic acids is 1. The van der Waals surface area contributed by atoms with Gasteiger partial charge in [-0.2, -0.15) is 13.2 Å². The van der Waals surface area contributed by atoms with Crippen molar-refractivity contribution < 1.29 is 18.0 Å². The molecule has 0 radical (unpaired) electrons. The van der Waals surface area contributed by atoms with Gasteiger partial charge in [-0.05, 0) is 48.4 Å². The smallest absolute Gasteiger partial charge is 0.399 e. The first-order valence-electron chi connectivity index (χ1n) is 6.41. The van der Waals surface area contributed by atoms with Crippen LogP contribution < -0.4 is 5.73 Å². The van der Waals surface area contributed by atoms with E-state index in [0.717, 1.165) is 12.1 Å². The number of Topliss-reactive ketones (excluding diaryl/α,β-unsaturated/α-hetero) is 1. The maximum Gasteiger partial charge on any atom is 0.416 e. The molecule has 5 heteroatoms. The number of ketones is 1. The Labute approximate surface area is 120 Å². The fourth-order valence-corrected chi connectivity index (χ4v) is 1.93. The van der Waals surface area contributed by atoms with E-state index in [-0.39, 0.29) is 12.2 Å². The van der Waals surface area contributed by atoms with Crippen molar-refractivity contribution in [3.05, 3.63) is 65.2 Å². The minimum absolute atomic E-state index is 0.0603. The van der Waals surface area contributed by atoms with Crippen LogP contribution in [0.25, 0.3) is 0 Å². The van der Waals surface area contributed by atoms with Crippen molar-refractivity contribution >= 4 is 11.5 Å². The molecule has 0 aromatic heterocycles. The largest absolute Gasteiger partial charge is 0.416 e. The molecule has 2 nitrogen and oxygen atoms in total. The van der Waals surface area contributed by atoms with E-state index in [0.29, 0.717) is 23.2 Å². The van der Waals surface area contributed by atoms with Crippen LogP contribution in [0.15, 0.2) is 48.5 Å². The van der Waals surface area contributed by atoms with E-state index in [2.05, 4.69) is 0 Å². The zero-order valence-corrected chi connectivity index (χ0v) is 11.2. The van der Waals surface area contributed by atoms with Gasteiger partial charge in [0.2, 0.25) is 0 Å². The number of nitrogen functional groups attached to an aromatic ring is 1. The van der Waals surface area contributed by atoms with Gasteiger partial charge in [0.1, 0.15) is 0 Å². The first-order valence-corrected chi connectivity index (χ1v) is 6.41. The van der Waals surface area contributed by atoms with Crippen LogP contribution in [0.4, 0.5) is 18.9 Å². The Morgan fingerprint density at radius 2 is 1.52 bits per heavy atom. The number of rotatable bonds is 4.